The number of aliphatic imine (C=N–C) groups is 1. The van der Waals surface area contributed by atoms with Crippen LogP contribution in [0.3, 0.4) is 0 Å². The van der Waals surface area contributed by atoms with Crippen LogP contribution in [0.2, 0.25) is 0 Å². The number of methoxy groups -OCH3 is 1. The lowest BCUT2D eigenvalue weighted by molar-refractivity contribution is 0.0600. The van der Waals surface area contributed by atoms with Crippen molar-refractivity contribution in [2.24, 2.45) is 16.3 Å². The number of rotatable bonds is 4. The van der Waals surface area contributed by atoms with Crippen LogP contribution in [0.4, 0.5) is 5.00 Å². The van der Waals surface area contributed by atoms with Gasteiger partial charge < -0.3 is 4.74 Å². The second kappa shape index (κ2) is 8.54. The van der Waals surface area contributed by atoms with E-state index in [0.717, 1.165) is 36.2 Å². The first-order valence-corrected chi connectivity index (χ1v) is 11.7. The summed E-state index contributed by atoms with van der Waals surface area (Å²) in [4.78, 5) is 31.4. The Labute approximate surface area is 191 Å². The number of aromatic amines is 1. The molecule has 1 aliphatic rings. The van der Waals surface area contributed by atoms with Gasteiger partial charge in [-0.15, -0.1) is 11.3 Å². The molecule has 0 saturated heterocycles. The van der Waals surface area contributed by atoms with Gasteiger partial charge >= 0.3 is 5.97 Å². The zero-order valence-electron chi connectivity index (χ0n) is 19.2. The molecule has 2 heterocycles. The number of thiophene rings is 1. The average molecular weight is 452 g/mol. The molecule has 0 bridgehead atoms. The highest BCUT2D eigenvalue weighted by atomic mass is 32.1. The van der Waals surface area contributed by atoms with E-state index in [9.17, 15) is 9.59 Å². The molecule has 1 unspecified atom stereocenters. The highest BCUT2D eigenvalue weighted by Gasteiger charge is 2.34. The number of benzene rings is 1. The minimum Gasteiger partial charge on any atom is -0.465 e. The molecular weight excluding hydrogens is 422 g/mol. The number of carbonyl (C=O) groups is 1. The lowest BCUT2D eigenvalue weighted by atomic mass is 9.72. The zero-order valence-corrected chi connectivity index (χ0v) is 20.0. The lowest BCUT2D eigenvalue weighted by Crippen LogP contribution is -2.26. The van der Waals surface area contributed by atoms with Crippen molar-refractivity contribution in [2.45, 2.75) is 47.0 Å². The van der Waals surface area contributed by atoms with Crippen LogP contribution in [0, 0.1) is 18.3 Å². The molecule has 1 atom stereocenters. The van der Waals surface area contributed by atoms with Crippen LogP contribution in [0.25, 0.3) is 5.69 Å². The molecule has 1 aliphatic carbocycles. The van der Waals surface area contributed by atoms with Crippen LogP contribution < -0.4 is 5.56 Å². The van der Waals surface area contributed by atoms with Crippen LogP contribution in [0.5, 0.6) is 0 Å². The molecular formula is C25H29N3O3S. The molecule has 0 amide bonds. The van der Waals surface area contributed by atoms with Gasteiger partial charge in [-0.2, -0.15) is 0 Å². The van der Waals surface area contributed by atoms with Gasteiger partial charge in [0.1, 0.15) is 5.00 Å². The monoisotopic (exact) mass is 451 g/mol. The maximum atomic E-state index is 13.0. The largest absolute Gasteiger partial charge is 0.465 e. The highest BCUT2D eigenvalue weighted by molar-refractivity contribution is 7.16. The van der Waals surface area contributed by atoms with Crippen molar-refractivity contribution in [3.05, 3.63) is 67.9 Å². The van der Waals surface area contributed by atoms with E-state index in [1.165, 1.54) is 16.7 Å². The summed E-state index contributed by atoms with van der Waals surface area (Å²) in [6, 6.07) is 9.41. The number of aromatic nitrogens is 2. The fraction of sp³-hybridized carbons (Fsp3) is 0.400. The Morgan fingerprint density at radius 1 is 1.28 bits per heavy atom. The number of hydrogen-bond donors (Lipinski definition) is 1. The molecule has 0 spiro atoms. The number of para-hydroxylation sites is 1. The van der Waals surface area contributed by atoms with E-state index in [1.54, 1.807) is 17.6 Å². The first kappa shape index (κ1) is 22.3. The Morgan fingerprint density at radius 2 is 2.00 bits per heavy atom. The lowest BCUT2D eigenvalue weighted by Gasteiger charge is -2.33. The van der Waals surface area contributed by atoms with E-state index in [1.807, 2.05) is 37.3 Å². The number of fused-ring (bicyclic) bond motifs is 1. The van der Waals surface area contributed by atoms with Gasteiger partial charge in [-0.3, -0.25) is 9.89 Å². The van der Waals surface area contributed by atoms with Gasteiger partial charge in [-0.05, 0) is 55.2 Å². The van der Waals surface area contributed by atoms with Gasteiger partial charge in [0.05, 0.1) is 23.9 Å². The van der Waals surface area contributed by atoms with Crippen LogP contribution in [-0.2, 0) is 17.6 Å². The Morgan fingerprint density at radius 3 is 2.66 bits per heavy atom. The second-order valence-electron chi connectivity index (χ2n) is 9.37. The SMILES string of the molecule is COC(=O)c1c(/N=C/c2c(C)[nH]n(-c3ccccc3)c2=O)sc2c1CCC(C(C)(C)C)C2. The fourth-order valence-corrected chi connectivity index (χ4v) is 5.57. The number of nitrogens with one attached hydrogen (secondary N) is 1. The zero-order chi connectivity index (χ0) is 23.0. The number of hydrogen-bond acceptors (Lipinski definition) is 5. The Bertz CT molecular complexity index is 1230. The van der Waals surface area contributed by atoms with Gasteiger partial charge in [-0.1, -0.05) is 39.0 Å². The maximum absolute atomic E-state index is 13.0. The molecule has 4 rings (SSSR count). The Kier molecular flexibility index (Phi) is 5.95. The molecule has 1 N–H and O–H groups in total. The summed E-state index contributed by atoms with van der Waals surface area (Å²) in [7, 11) is 1.40. The Hall–Kier alpha value is -2.93. The predicted octanol–water partition coefficient (Wildman–Crippen LogP) is 5.22. The van der Waals surface area contributed by atoms with Crippen molar-refractivity contribution >= 4 is 28.5 Å². The molecule has 6 nitrogen and oxygen atoms in total. The van der Waals surface area contributed by atoms with Crippen molar-refractivity contribution in [3.8, 4) is 5.69 Å². The van der Waals surface area contributed by atoms with Crippen LogP contribution in [0.15, 0.2) is 40.1 Å². The van der Waals surface area contributed by atoms with E-state index < -0.39 is 0 Å². The van der Waals surface area contributed by atoms with Gasteiger partial charge in [-0.25, -0.2) is 14.5 Å². The standard InChI is InChI=1S/C25H29N3O3S/c1-15-19(23(29)28(27-15)17-9-7-6-8-10-17)14-26-22-21(24(30)31-5)18-12-11-16(25(2,3)4)13-20(18)32-22/h6-10,14,16,27H,11-13H2,1-5H3/b26-14+. The predicted molar refractivity (Wildman–Crippen MR) is 129 cm³/mol. The molecule has 7 heteroatoms. The number of esters is 1. The van der Waals surface area contributed by atoms with Crippen molar-refractivity contribution in [2.75, 3.05) is 7.11 Å². The highest BCUT2D eigenvalue weighted by Crippen LogP contribution is 2.45. The number of H-pyrrole nitrogens is 1. The summed E-state index contributed by atoms with van der Waals surface area (Å²) >= 11 is 1.54. The molecule has 168 valence electrons. The smallest absolute Gasteiger partial charge is 0.341 e. The summed E-state index contributed by atoms with van der Waals surface area (Å²) in [6.07, 6.45) is 4.39. The maximum Gasteiger partial charge on any atom is 0.341 e. The van der Waals surface area contributed by atoms with E-state index in [2.05, 4.69) is 30.9 Å². The number of carbonyl (C=O) groups excluding carboxylic acids is 1. The quantitative estimate of drug-likeness (QED) is 0.436. The minimum atomic E-state index is -0.364. The average Bonchev–Trinajstić information content (AvgIpc) is 3.27. The van der Waals surface area contributed by atoms with Crippen LogP contribution >= 0.6 is 11.3 Å². The van der Waals surface area contributed by atoms with Crippen molar-refractivity contribution in [1.29, 1.82) is 0 Å². The minimum absolute atomic E-state index is 0.175. The van der Waals surface area contributed by atoms with Crippen molar-refractivity contribution in [1.82, 2.24) is 9.78 Å². The first-order chi connectivity index (χ1) is 15.2. The summed E-state index contributed by atoms with van der Waals surface area (Å²) in [5.41, 5.74) is 3.59. The van der Waals surface area contributed by atoms with E-state index in [4.69, 9.17) is 4.74 Å². The molecule has 2 aromatic heterocycles. The molecule has 3 aromatic rings. The number of aryl methyl sites for hydroxylation is 1. The first-order valence-electron chi connectivity index (χ1n) is 10.8. The van der Waals surface area contributed by atoms with Crippen LogP contribution in [0.1, 0.15) is 59.2 Å². The molecule has 32 heavy (non-hydrogen) atoms. The normalized spacial score (nSPS) is 16.3. The van der Waals surface area contributed by atoms with Gasteiger partial charge in [0.15, 0.2) is 0 Å². The molecule has 0 aliphatic heterocycles. The number of nitrogens with zero attached hydrogens (tertiary/aromatic N) is 2. The molecule has 0 saturated carbocycles. The Balaban J connectivity index is 1.73. The third-order valence-corrected chi connectivity index (χ3v) is 7.47. The summed E-state index contributed by atoms with van der Waals surface area (Å²) in [5, 5.41) is 3.72. The van der Waals surface area contributed by atoms with Crippen molar-refractivity contribution in [3.63, 3.8) is 0 Å². The van der Waals surface area contributed by atoms with E-state index >= 15 is 0 Å². The van der Waals surface area contributed by atoms with E-state index in [0.29, 0.717) is 22.0 Å². The van der Waals surface area contributed by atoms with Crippen LogP contribution in [-0.4, -0.2) is 29.1 Å². The third-order valence-electron chi connectivity index (χ3n) is 6.30. The summed E-state index contributed by atoms with van der Waals surface area (Å²) < 4.78 is 6.58. The number of ether oxygens (including phenoxy) is 1. The van der Waals surface area contributed by atoms with Gasteiger partial charge in [0.25, 0.3) is 5.56 Å². The van der Waals surface area contributed by atoms with Gasteiger partial charge in [0.2, 0.25) is 0 Å². The van der Waals surface area contributed by atoms with E-state index in [-0.39, 0.29) is 16.9 Å². The molecule has 0 fully saturated rings. The van der Waals surface area contributed by atoms with Gasteiger partial charge in [0, 0.05) is 16.8 Å². The molecule has 0 radical (unpaired) electrons. The summed E-state index contributed by atoms with van der Waals surface area (Å²) in [6.45, 7) is 8.64. The fourth-order valence-electron chi connectivity index (χ4n) is 4.31. The third kappa shape index (κ3) is 4.09. The second-order valence-corrected chi connectivity index (χ2v) is 10.4. The summed E-state index contributed by atoms with van der Waals surface area (Å²) in [5.74, 6) is 0.192. The topological polar surface area (TPSA) is 76.4 Å². The van der Waals surface area contributed by atoms with Crippen molar-refractivity contribution < 1.29 is 9.53 Å². The molecule has 1 aromatic carbocycles.